The van der Waals surface area contributed by atoms with Crippen LogP contribution in [0.4, 0.5) is 0 Å². The van der Waals surface area contributed by atoms with E-state index in [1.807, 2.05) is 4.90 Å². The van der Waals surface area contributed by atoms with Crippen molar-refractivity contribution in [1.29, 1.82) is 0 Å². The second kappa shape index (κ2) is 6.55. The number of carbonyl (C=O) groups is 1. The molecule has 0 spiro atoms. The fraction of sp³-hybridized carbons (Fsp3) is 0.533. The van der Waals surface area contributed by atoms with Crippen molar-refractivity contribution in [2.24, 2.45) is 0 Å². The van der Waals surface area contributed by atoms with E-state index >= 15 is 0 Å². The first-order chi connectivity index (χ1) is 8.43. The summed E-state index contributed by atoms with van der Waals surface area (Å²) >= 11 is 0. The monoisotopic (exact) mass is 249 g/mol. The molecule has 0 saturated carbocycles. The number of aryl methyl sites for hydroxylation is 2. The highest BCUT2D eigenvalue weighted by atomic mass is 16.4. The number of aliphatic carboxylic acids is 1. The van der Waals surface area contributed by atoms with Crippen LogP contribution >= 0.6 is 0 Å². The van der Waals surface area contributed by atoms with Gasteiger partial charge in [0.25, 0.3) is 0 Å². The molecule has 100 valence electrons. The van der Waals surface area contributed by atoms with Gasteiger partial charge in [0.15, 0.2) is 0 Å². The van der Waals surface area contributed by atoms with Crippen molar-refractivity contribution in [2.75, 3.05) is 6.54 Å². The summed E-state index contributed by atoms with van der Waals surface area (Å²) in [6.45, 7) is 9.10. The Morgan fingerprint density at radius 1 is 1.39 bits per heavy atom. The molecule has 0 aliphatic heterocycles. The third kappa shape index (κ3) is 4.15. The van der Waals surface area contributed by atoms with E-state index in [4.69, 9.17) is 5.11 Å². The van der Waals surface area contributed by atoms with Crippen LogP contribution in [0.25, 0.3) is 0 Å². The molecular formula is C15H23NO2. The van der Waals surface area contributed by atoms with Crippen molar-refractivity contribution in [3.8, 4) is 0 Å². The van der Waals surface area contributed by atoms with E-state index in [9.17, 15) is 4.79 Å². The molecule has 0 aromatic heterocycles. The maximum Gasteiger partial charge on any atom is 0.317 e. The molecule has 0 aliphatic carbocycles. The molecule has 0 radical (unpaired) electrons. The zero-order chi connectivity index (χ0) is 13.7. The first-order valence-corrected chi connectivity index (χ1v) is 6.46. The largest absolute Gasteiger partial charge is 0.480 e. The van der Waals surface area contributed by atoms with Crippen molar-refractivity contribution >= 4 is 5.97 Å². The molecule has 0 aliphatic rings. The van der Waals surface area contributed by atoms with Gasteiger partial charge in [-0.2, -0.15) is 0 Å². The molecule has 1 atom stereocenters. The van der Waals surface area contributed by atoms with Gasteiger partial charge in [0.1, 0.15) is 0 Å². The van der Waals surface area contributed by atoms with E-state index in [0.717, 1.165) is 6.42 Å². The van der Waals surface area contributed by atoms with E-state index < -0.39 is 5.97 Å². The molecule has 0 amide bonds. The van der Waals surface area contributed by atoms with Crippen LogP contribution in [0.5, 0.6) is 0 Å². The van der Waals surface area contributed by atoms with Crippen LogP contribution in [-0.2, 0) is 11.3 Å². The number of nitrogens with zero attached hydrogens (tertiary/aromatic N) is 1. The number of benzene rings is 1. The van der Waals surface area contributed by atoms with E-state index in [1.165, 1.54) is 16.7 Å². The van der Waals surface area contributed by atoms with Gasteiger partial charge in [-0.3, -0.25) is 9.69 Å². The first kappa shape index (κ1) is 14.7. The number of carboxylic acids is 1. The van der Waals surface area contributed by atoms with E-state index in [1.54, 1.807) is 0 Å². The third-order valence-electron chi connectivity index (χ3n) is 3.43. The van der Waals surface area contributed by atoms with E-state index in [-0.39, 0.29) is 12.6 Å². The van der Waals surface area contributed by atoms with Crippen LogP contribution in [0.1, 0.15) is 37.0 Å². The topological polar surface area (TPSA) is 40.5 Å². The lowest BCUT2D eigenvalue weighted by Crippen LogP contribution is -2.36. The molecule has 1 unspecified atom stereocenters. The zero-order valence-corrected chi connectivity index (χ0v) is 11.7. The molecule has 3 nitrogen and oxygen atoms in total. The highest BCUT2D eigenvalue weighted by Gasteiger charge is 2.16. The predicted molar refractivity (Wildman–Crippen MR) is 73.7 cm³/mol. The van der Waals surface area contributed by atoms with E-state index in [2.05, 4.69) is 45.9 Å². The summed E-state index contributed by atoms with van der Waals surface area (Å²) in [5.41, 5.74) is 3.66. The molecule has 18 heavy (non-hydrogen) atoms. The molecule has 0 fully saturated rings. The van der Waals surface area contributed by atoms with Crippen LogP contribution in [-0.4, -0.2) is 28.6 Å². The fourth-order valence-electron chi connectivity index (χ4n) is 1.99. The fourth-order valence-corrected chi connectivity index (χ4v) is 1.99. The summed E-state index contributed by atoms with van der Waals surface area (Å²) in [6, 6.07) is 6.61. The average molecular weight is 249 g/mol. The molecule has 1 aromatic carbocycles. The van der Waals surface area contributed by atoms with Crippen LogP contribution in [0.2, 0.25) is 0 Å². The first-order valence-electron chi connectivity index (χ1n) is 6.46. The summed E-state index contributed by atoms with van der Waals surface area (Å²) in [5, 5.41) is 8.99. The Morgan fingerprint density at radius 2 is 2.06 bits per heavy atom. The van der Waals surface area contributed by atoms with Gasteiger partial charge in [-0.05, 0) is 38.3 Å². The molecule has 1 aromatic rings. The third-order valence-corrected chi connectivity index (χ3v) is 3.43. The maximum atomic E-state index is 10.9. The Hall–Kier alpha value is -1.35. The normalized spacial score (nSPS) is 12.7. The number of carboxylic acid groups (broad SMARTS) is 1. The van der Waals surface area contributed by atoms with Crippen LogP contribution in [0.15, 0.2) is 18.2 Å². The standard InChI is InChI=1S/C15H23NO2/c1-5-13(4)16(10-15(17)18)9-14-8-11(2)6-7-12(14)3/h6-8,13H,5,9-10H2,1-4H3,(H,17,18). The van der Waals surface area contributed by atoms with Gasteiger partial charge in [0, 0.05) is 12.6 Å². The van der Waals surface area contributed by atoms with E-state index in [0.29, 0.717) is 6.54 Å². The quantitative estimate of drug-likeness (QED) is 0.842. The maximum absolute atomic E-state index is 10.9. The van der Waals surface area contributed by atoms with Gasteiger partial charge in [0.2, 0.25) is 0 Å². The smallest absolute Gasteiger partial charge is 0.317 e. The molecule has 0 heterocycles. The summed E-state index contributed by atoms with van der Waals surface area (Å²) in [4.78, 5) is 12.9. The van der Waals surface area contributed by atoms with Crippen molar-refractivity contribution in [2.45, 2.75) is 46.7 Å². The Morgan fingerprint density at radius 3 is 2.61 bits per heavy atom. The minimum absolute atomic E-state index is 0.0996. The lowest BCUT2D eigenvalue weighted by Gasteiger charge is -2.27. The average Bonchev–Trinajstić information content (AvgIpc) is 2.31. The minimum atomic E-state index is -0.763. The lowest BCUT2D eigenvalue weighted by atomic mass is 10.0. The second-order valence-electron chi connectivity index (χ2n) is 4.99. The lowest BCUT2D eigenvalue weighted by molar-refractivity contribution is -0.139. The van der Waals surface area contributed by atoms with Crippen LogP contribution in [0.3, 0.4) is 0 Å². The van der Waals surface area contributed by atoms with Gasteiger partial charge in [-0.1, -0.05) is 30.7 Å². The number of hydrogen-bond donors (Lipinski definition) is 1. The van der Waals surface area contributed by atoms with Crippen LogP contribution in [0, 0.1) is 13.8 Å². The highest BCUT2D eigenvalue weighted by molar-refractivity contribution is 5.69. The predicted octanol–water partition coefficient (Wildman–Crippen LogP) is 2.99. The summed E-state index contributed by atoms with van der Waals surface area (Å²) in [7, 11) is 0. The van der Waals surface area contributed by atoms with Crippen LogP contribution < -0.4 is 0 Å². The van der Waals surface area contributed by atoms with Gasteiger partial charge < -0.3 is 5.11 Å². The van der Waals surface area contributed by atoms with Gasteiger partial charge >= 0.3 is 5.97 Å². The Bertz CT molecular complexity index is 415. The molecular weight excluding hydrogens is 226 g/mol. The summed E-state index contributed by atoms with van der Waals surface area (Å²) in [5.74, 6) is -0.763. The second-order valence-corrected chi connectivity index (χ2v) is 4.99. The van der Waals surface area contributed by atoms with Crippen molar-refractivity contribution in [3.63, 3.8) is 0 Å². The molecule has 1 N–H and O–H groups in total. The summed E-state index contributed by atoms with van der Waals surface area (Å²) in [6.07, 6.45) is 0.956. The zero-order valence-electron chi connectivity index (χ0n) is 11.7. The number of rotatable bonds is 6. The van der Waals surface area contributed by atoms with Gasteiger partial charge in [-0.25, -0.2) is 0 Å². The molecule has 1 rings (SSSR count). The van der Waals surface area contributed by atoms with Gasteiger partial charge in [0.05, 0.1) is 6.54 Å². The Kier molecular flexibility index (Phi) is 5.35. The number of hydrogen-bond acceptors (Lipinski definition) is 2. The molecule has 0 bridgehead atoms. The summed E-state index contributed by atoms with van der Waals surface area (Å²) < 4.78 is 0. The minimum Gasteiger partial charge on any atom is -0.480 e. The molecule has 3 heteroatoms. The molecule has 0 saturated heterocycles. The SMILES string of the molecule is CCC(C)N(CC(=O)O)Cc1cc(C)ccc1C. The van der Waals surface area contributed by atoms with Crippen molar-refractivity contribution in [1.82, 2.24) is 4.90 Å². The Balaban J connectivity index is 2.88. The highest BCUT2D eigenvalue weighted by Crippen LogP contribution is 2.15. The van der Waals surface area contributed by atoms with Gasteiger partial charge in [-0.15, -0.1) is 0 Å². The Labute approximate surface area is 109 Å². The van der Waals surface area contributed by atoms with Crippen molar-refractivity contribution < 1.29 is 9.90 Å². The van der Waals surface area contributed by atoms with Crippen molar-refractivity contribution in [3.05, 3.63) is 34.9 Å².